The van der Waals surface area contributed by atoms with Gasteiger partial charge in [0.1, 0.15) is 0 Å². The van der Waals surface area contributed by atoms with Crippen molar-refractivity contribution >= 4 is 0 Å². The molecule has 1 aliphatic carbocycles. The van der Waals surface area contributed by atoms with Crippen LogP contribution in [0.15, 0.2) is 0 Å². The van der Waals surface area contributed by atoms with Gasteiger partial charge >= 0.3 is 0 Å². The van der Waals surface area contributed by atoms with E-state index < -0.39 is 0 Å². The van der Waals surface area contributed by atoms with Crippen LogP contribution in [0, 0.1) is 22.7 Å². The Balaban J connectivity index is 2.10. The van der Waals surface area contributed by atoms with Gasteiger partial charge < -0.3 is 10.5 Å². The summed E-state index contributed by atoms with van der Waals surface area (Å²) in [6.07, 6.45) is 1.25. The summed E-state index contributed by atoms with van der Waals surface area (Å²) in [5.74, 6) is 1.54. The molecule has 0 spiro atoms. The lowest BCUT2D eigenvalue weighted by atomic mass is 9.75. The molecule has 2 heteroatoms. The molecule has 1 heterocycles. The number of rotatable bonds is 3. The standard InChI is InChI=1S/C11H21NO/c1-4-11(6-13-7-11)9-8(5-12)10(9,2)3/h8-9H,4-7,12H2,1-3H3/t8-,9-/m1/s1. The third-order valence-electron chi connectivity index (χ3n) is 4.45. The second-order valence-electron chi connectivity index (χ2n) is 5.35. The van der Waals surface area contributed by atoms with E-state index in [2.05, 4.69) is 20.8 Å². The Hall–Kier alpha value is -0.0800. The van der Waals surface area contributed by atoms with Crippen LogP contribution >= 0.6 is 0 Å². The predicted molar refractivity (Wildman–Crippen MR) is 53.4 cm³/mol. The number of hydrogen-bond donors (Lipinski definition) is 1. The highest BCUT2D eigenvalue weighted by molar-refractivity contribution is 5.14. The van der Waals surface area contributed by atoms with Crippen LogP contribution in [0.5, 0.6) is 0 Å². The minimum atomic E-state index is 0.467. The van der Waals surface area contributed by atoms with Crippen molar-refractivity contribution in [3.8, 4) is 0 Å². The van der Waals surface area contributed by atoms with Gasteiger partial charge in [0, 0.05) is 5.41 Å². The highest BCUT2D eigenvalue weighted by Crippen LogP contribution is 2.67. The maximum atomic E-state index is 5.79. The van der Waals surface area contributed by atoms with Crippen molar-refractivity contribution in [1.29, 1.82) is 0 Å². The maximum Gasteiger partial charge on any atom is 0.0547 e. The van der Waals surface area contributed by atoms with Crippen LogP contribution in [0.4, 0.5) is 0 Å². The molecule has 2 N–H and O–H groups in total. The highest BCUT2D eigenvalue weighted by atomic mass is 16.5. The van der Waals surface area contributed by atoms with Gasteiger partial charge in [-0.25, -0.2) is 0 Å². The SMILES string of the molecule is CCC1([C@@H]2[C@@H](CN)C2(C)C)COC1. The number of nitrogens with two attached hydrogens (primary N) is 1. The van der Waals surface area contributed by atoms with E-state index in [1.165, 1.54) is 6.42 Å². The maximum absolute atomic E-state index is 5.79. The van der Waals surface area contributed by atoms with Gasteiger partial charge in [-0.1, -0.05) is 20.8 Å². The molecule has 1 saturated heterocycles. The molecule has 0 amide bonds. The van der Waals surface area contributed by atoms with E-state index in [-0.39, 0.29) is 0 Å². The average molecular weight is 183 g/mol. The van der Waals surface area contributed by atoms with Gasteiger partial charge in [0.15, 0.2) is 0 Å². The first-order chi connectivity index (χ1) is 6.08. The zero-order valence-electron chi connectivity index (χ0n) is 8.97. The Morgan fingerprint density at radius 1 is 1.38 bits per heavy atom. The molecule has 2 rings (SSSR count). The third-order valence-corrected chi connectivity index (χ3v) is 4.45. The molecule has 1 saturated carbocycles. The fourth-order valence-electron chi connectivity index (χ4n) is 3.37. The van der Waals surface area contributed by atoms with Crippen LogP contribution in [0.1, 0.15) is 27.2 Å². The van der Waals surface area contributed by atoms with Crippen molar-refractivity contribution < 1.29 is 4.74 Å². The number of ether oxygens (including phenoxy) is 1. The van der Waals surface area contributed by atoms with Gasteiger partial charge in [-0.2, -0.15) is 0 Å². The quantitative estimate of drug-likeness (QED) is 0.722. The van der Waals surface area contributed by atoms with E-state index >= 15 is 0 Å². The van der Waals surface area contributed by atoms with Gasteiger partial charge in [0.2, 0.25) is 0 Å². The first kappa shape index (κ1) is 9.47. The summed E-state index contributed by atoms with van der Waals surface area (Å²) in [5.41, 5.74) is 6.74. The van der Waals surface area contributed by atoms with Crippen molar-refractivity contribution in [3.63, 3.8) is 0 Å². The minimum Gasteiger partial charge on any atom is -0.380 e. The van der Waals surface area contributed by atoms with E-state index in [1.807, 2.05) is 0 Å². The van der Waals surface area contributed by atoms with Gasteiger partial charge in [0.05, 0.1) is 13.2 Å². The Morgan fingerprint density at radius 2 is 2.00 bits per heavy atom. The second-order valence-corrected chi connectivity index (χ2v) is 5.35. The summed E-state index contributed by atoms with van der Waals surface area (Å²) < 4.78 is 5.38. The first-order valence-corrected chi connectivity index (χ1v) is 5.36. The van der Waals surface area contributed by atoms with E-state index in [0.717, 1.165) is 31.6 Å². The average Bonchev–Trinajstić information content (AvgIpc) is 2.54. The van der Waals surface area contributed by atoms with Crippen LogP contribution < -0.4 is 5.73 Å². The second kappa shape index (κ2) is 2.71. The van der Waals surface area contributed by atoms with Crippen molar-refractivity contribution in [2.24, 2.45) is 28.4 Å². The molecule has 0 aromatic heterocycles. The smallest absolute Gasteiger partial charge is 0.0547 e. The molecule has 0 bridgehead atoms. The van der Waals surface area contributed by atoms with Crippen LogP contribution in [0.3, 0.4) is 0 Å². The predicted octanol–water partition coefficient (Wildman–Crippen LogP) is 1.64. The number of hydrogen-bond acceptors (Lipinski definition) is 2. The van der Waals surface area contributed by atoms with Crippen LogP contribution in [-0.4, -0.2) is 19.8 Å². The zero-order valence-corrected chi connectivity index (χ0v) is 8.97. The molecule has 0 aromatic carbocycles. The molecular weight excluding hydrogens is 162 g/mol. The van der Waals surface area contributed by atoms with Gasteiger partial charge in [-0.3, -0.25) is 0 Å². The van der Waals surface area contributed by atoms with Crippen molar-refractivity contribution in [3.05, 3.63) is 0 Å². The molecule has 1 aliphatic heterocycles. The summed E-state index contributed by atoms with van der Waals surface area (Å²) >= 11 is 0. The fraction of sp³-hybridized carbons (Fsp3) is 1.00. The Labute approximate surface area is 80.8 Å². The fourth-order valence-corrected chi connectivity index (χ4v) is 3.37. The third kappa shape index (κ3) is 1.08. The molecule has 0 unspecified atom stereocenters. The lowest BCUT2D eigenvalue weighted by molar-refractivity contribution is -0.135. The van der Waals surface area contributed by atoms with Crippen LogP contribution in [0.2, 0.25) is 0 Å². The molecule has 2 nitrogen and oxygen atoms in total. The topological polar surface area (TPSA) is 35.2 Å². The summed E-state index contributed by atoms with van der Waals surface area (Å²) in [7, 11) is 0. The van der Waals surface area contributed by atoms with Gasteiger partial charge in [-0.05, 0) is 30.2 Å². The summed E-state index contributed by atoms with van der Waals surface area (Å²) in [6, 6.07) is 0. The summed E-state index contributed by atoms with van der Waals surface area (Å²) in [6.45, 7) is 9.77. The first-order valence-electron chi connectivity index (χ1n) is 5.36. The van der Waals surface area contributed by atoms with E-state index in [9.17, 15) is 0 Å². The molecule has 0 aromatic rings. The lowest BCUT2D eigenvalue weighted by Gasteiger charge is -2.42. The normalized spacial score (nSPS) is 39.7. The van der Waals surface area contributed by atoms with Crippen molar-refractivity contribution in [1.82, 2.24) is 0 Å². The Kier molecular flexibility index (Phi) is 1.97. The van der Waals surface area contributed by atoms with E-state index in [0.29, 0.717) is 10.8 Å². The van der Waals surface area contributed by atoms with Crippen molar-refractivity contribution in [2.45, 2.75) is 27.2 Å². The molecule has 2 aliphatic rings. The largest absolute Gasteiger partial charge is 0.380 e. The Bertz CT molecular complexity index is 203. The van der Waals surface area contributed by atoms with Crippen molar-refractivity contribution in [2.75, 3.05) is 19.8 Å². The summed E-state index contributed by atoms with van der Waals surface area (Å²) in [5, 5.41) is 0. The molecule has 2 atom stereocenters. The van der Waals surface area contributed by atoms with E-state index in [4.69, 9.17) is 10.5 Å². The molecule has 0 radical (unpaired) electrons. The molecule has 13 heavy (non-hydrogen) atoms. The molecule has 2 fully saturated rings. The minimum absolute atomic E-state index is 0.467. The van der Waals surface area contributed by atoms with Gasteiger partial charge in [0.25, 0.3) is 0 Å². The van der Waals surface area contributed by atoms with Crippen LogP contribution in [0.25, 0.3) is 0 Å². The summed E-state index contributed by atoms with van der Waals surface area (Å²) in [4.78, 5) is 0. The monoisotopic (exact) mass is 183 g/mol. The van der Waals surface area contributed by atoms with E-state index in [1.54, 1.807) is 0 Å². The Morgan fingerprint density at radius 3 is 2.23 bits per heavy atom. The highest BCUT2D eigenvalue weighted by Gasteiger charge is 2.66. The van der Waals surface area contributed by atoms with Crippen LogP contribution in [-0.2, 0) is 4.74 Å². The molecule has 76 valence electrons. The van der Waals surface area contributed by atoms with Gasteiger partial charge in [-0.15, -0.1) is 0 Å². The lowest BCUT2D eigenvalue weighted by Crippen LogP contribution is -2.45. The molecular formula is C11H21NO. The zero-order chi connectivity index (χ0) is 9.69.